The molecule has 106 valence electrons. The molecule has 0 atom stereocenters. The molecule has 0 unspecified atom stereocenters. The van der Waals surface area contributed by atoms with E-state index >= 15 is 0 Å². The van der Waals surface area contributed by atoms with Gasteiger partial charge in [-0.3, -0.25) is 0 Å². The molecule has 1 rings (SSSR count). The zero-order valence-electron chi connectivity index (χ0n) is 9.30. The molecule has 0 aliphatic rings. The highest BCUT2D eigenvalue weighted by Gasteiger charge is 2.37. The molecule has 0 heterocycles. The van der Waals surface area contributed by atoms with E-state index in [0.717, 1.165) is 7.11 Å². The van der Waals surface area contributed by atoms with E-state index in [1.807, 2.05) is 0 Å². The van der Waals surface area contributed by atoms with Gasteiger partial charge in [-0.1, -0.05) is 0 Å². The second-order valence-electron chi connectivity index (χ2n) is 3.40. The zero-order valence-corrected chi connectivity index (χ0v) is 9.30. The predicted molar refractivity (Wildman–Crippen MR) is 51.8 cm³/mol. The summed E-state index contributed by atoms with van der Waals surface area (Å²) >= 11 is 0. The average molecular weight is 287 g/mol. The van der Waals surface area contributed by atoms with Crippen LogP contribution < -0.4 is 0 Å². The summed E-state index contributed by atoms with van der Waals surface area (Å²) in [7, 11) is 0.947. The Kier molecular flexibility index (Phi) is 3.97. The highest BCUT2D eigenvalue weighted by Crippen LogP contribution is 2.36. The second kappa shape index (κ2) is 4.98. The van der Waals surface area contributed by atoms with Gasteiger partial charge in [-0.2, -0.15) is 26.3 Å². The molecule has 1 aromatic carbocycles. The van der Waals surface area contributed by atoms with Crippen LogP contribution in [-0.2, 0) is 17.1 Å². The number of rotatable bonds is 1. The highest BCUT2D eigenvalue weighted by atomic mass is 19.4. The molecule has 19 heavy (non-hydrogen) atoms. The van der Waals surface area contributed by atoms with E-state index in [1.54, 1.807) is 0 Å². The van der Waals surface area contributed by atoms with Crippen LogP contribution in [0.4, 0.5) is 26.3 Å². The normalized spacial score (nSPS) is 13.5. The molecule has 0 aromatic heterocycles. The quantitative estimate of drug-likeness (QED) is 0.282. The van der Waals surface area contributed by atoms with Gasteiger partial charge >= 0.3 is 12.4 Å². The Labute approximate surface area is 103 Å². The molecule has 0 aliphatic carbocycles. The highest BCUT2D eigenvalue weighted by molar-refractivity contribution is 5.94. The first kappa shape index (κ1) is 15.1. The van der Waals surface area contributed by atoms with Crippen molar-refractivity contribution in [1.29, 1.82) is 0 Å². The Bertz CT molecular complexity index is 460. The van der Waals surface area contributed by atoms with Crippen molar-refractivity contribution in [2.75, 3.05) is 7.11 Å². The smallest absolute Gasteiger partial charge is 0.416 e. The van der Waals surface area contributed by atoms with Crippen LogP contribution in [0, 0.1) is 0 Å². The molecule has 0 bridgehead atoms. The Morgan fingerprint density at radius 1 is 1.00 bits per heavy atom. The van der Waals surface area contributed by atoms with Crippen LogP contribution in [0.2, 0.25) is 0 Å². The third-order valence-corrected chi connectivity index (χ3v) is 2.12. The van der Waals surface area contributed by atoms with Crippen molar-refractivity contribution in [3.63, 3.8) is 0 Å². The van der Waals surface area contributed by atoms with Gasteiger partial charge in [0.05, 0.1) is 18.2 Å². The standard InChI is InChI=1S/C10H7F6NO2/c1-19-8(17-18)5-2-6(9(11,12)13)4-7(3-5)10(14,15)16/h2-4,18H,1H3. The largest absolute Gasteiger partial charge is 0.479 e. The van der Waals surface area contributed by atoms with E-state index in [0.29, 0.717) is 12.1 Å². The van der Waals surface area contributed by atoms with Crippen molar-refractivity contribution in [3.05, 3.63) is 34.9 Å². The lowest BCUT2D eigenvalue weighted by atomic mass is 10.0. The van der Waals surface area contributed by atoms with E-state index in [-0.39, 0.29) is 6.07 Å². The SMILES string of the molecule is COC(=NO)c1cc(C(F)(F)F)cc(C(F)(F)F)c1. The lowest BCUT2D eigenvalue weighted by molar-refractivity contribution is -0.143. The number of benzene rings is 1. The van der Waals surface area contributed by atoms with Crippen LogP contribution in [0.3, 0.4) is 0 Å². The maximum absolute atomic E-state index is 12.5. The molecular formula is C10H7F6NO2. The van der Waals surface area contributed by atoms with Gasteiger partial charge in [0.1, 0.15) is 0 Å². The van der Waals surface area contributed by atoms with Gasteiger partial charge in [0.25, 0.3) is 5.90 Å². The summed E-state index contributed by atoms with van der Waals surface area (Å²) in [6.07, 6.45) is -9.94. The summed E-state index contributed by atoms with van der Waals surface area (Å²) in [6.45, 7) is 0. The molecule has 0 aliphatic heterocycles. The zero-order chi connectivity index (χ0) is 14.8. The number of methoxy groups -OCH3 is 1. The van der Waals surface area contributed by atoms with Gasteiger partial charge in [-0.05, 0) is 23.4 Å². The first-order chi connectivity index (χ1) is 8.59. The van der Waals surface area contributed by atoms with Crippen molar-refractivity contribution >= 4 is 5.90 Å². The number of ether oxygens (including phenoxy) is 1. The maximum Gasteiger partial charge on any atom is 0.416 e. The van der Waals surface area contributed by atoms with Gasteiger partial charge in [-0.25, -0.2) is 0 Å². The van der Waals surface area contributed by atoms with Crippen LogP contribution in [0.15, 0.2) is 23.4 Å². The Morgan fingerprint density at radius 3 is 1.68 bits per heavy atom. The summed E-state index contributed by atoms with van der Waals surface area (Å²) in [6, 6.07) is 0.760. The molecule has 0 amide bonds. The molecule has 0 saturated carbocycles. The van der Waals surface area contributed by atoms with E-state index in [2.05, 4.69) is 9.89 Å². The van der Waals surface area contributed by atoms with Crippen LogP contribution >= 0.6 is 0 Å². The van der Waals surface area contributed by atoms with Crippen molar-refractivity contribution in [1.82, 2.24) is 0 Å². The van der Waals surface area contributed by atoms with Gasteiger partial charge in [0, 0.05) is 5.56 Å². The molecule has 1 aromatic rings. The first-order valence-electron chi connectivity index (χ1n) is 4.65. The van der Waals surface area contributed by atoms with Crippen molar-refractivity contribution in [2.45, 2.75) is 12.4 Å². The second-order valence-corrected chi connectivity index (χ2v) is 3.40. The molecule has 0 radical (unpaired) electrons. The number of alkyl halides is 6. The van der Waals surface area contributed by atoms with E-state index < -0.39 is 34.9 Å². The summed E-state index contributed by atoms with van der Waals surface area (Å²) in [5.41, 5.74) is -3.67. The average Bonchev–Trinajstić information content (AvgIpc) is 2.28. The minimum absolute atomic E-state index is 0.0336. The topological polar surface area (TPSA) is 41.8 Å². The predicted octanol–water partition coefficient (Wildman–Crippen LogP) is 3.51. The van der Waals surface area contributed by atoms with Crippen LogP contribution in [0.5, 0.6) is 0 Å². The summed E-state index contributed by atoms with van der Waals surface area (Å²) in [5.74, 6) is -0.753. The third kappa shape index (κ3) is 3.52. The lowest BCUT2D eigenvalue weighted by Gasteiger charge is -2.14. The summed E-state index contributed by atoms with van der Waals surface area (Å²) in [4.78, 5) is 0. The fourth-order valence-corrected chi connectivity index (χ4v) is 1.29. The minimum atomic E-state index is -4.97. The van der Waals surface area contributed by atoms with Crippen LogP contribution in [-0.4, -0.2) is 18.2 Å². The molecule has 9 heteroatoms. The van der Waals surface area contributed by atoms with Gasteiger partial charge < -0.3 is 9.94 Å². The summed E-state index contributed by atoms with van der Waals surface area (Å²) < 4.78 is 79.4. The molecule has 0 saturated heterocycles. The van der Waals surface area contributed by atoms with E-state index in [4.69, 9.17) is 5.21 Å². The Morgan fingerprint density at radius 2 is 1.42 bits per heavy atom. The van der Waals surface area contributed by atoms with Crippen LogP contribution in [0.25, 0.3) is 0 Å². The third-order valence-electron chi connectivity index (χ3n) is 2.12. The molecular weight excluding hydrogens is 280 g/mol. The number of nitrogens with zero attached hydrogens (tertiary/aromatic N) is 1. The summed E-state index contributed by atoms with van der Waals surface area (Å²) in [5, 5.41) is 11.0. The molecule has 0 spiro atoms. The number of hydrogen-bond donors (Lipinski definition) is 1. The van der Waals surface area contributed by atoms with Gasteiger partial charge in [0.2, 0.25) is 0 Å². The Balaban J connectivity index is 3.50. The lowest BCUT2D eigenvalue weighted by Crippen LogP contribution is -2.14. The fraction of sp³-hybridized carbons (Fsp3) is 0.300. The molecule has 1 N–H and O–H groups in total. The first-order valence-corrected chi connectivity index (χ1v) is 4.65. The number of oxime groups is 1. The molecule has 0 fully saturated rings. The van der Waals surface area contributed by atoms with E-state index in [9.17, 15) is 26.3 Å². The van der Waals surface area contributed by atoms with Crippen molar-refractivity contribution in [3.8, 4) is 0 Å². The maximum atomic E-state index is 12.5. The van der Waals surface area contributed by atoms with Crippen molar-refractivity contribution < 1.29 is 36.3 Å². The fourth-order valence-electron chi connectivity index (χ4n) is 1.29. The minimum Gasteiger partial charge on any atom is -0.479 e. The Hall–Kier alpha value is -1.93. The van der Waals surface area contributed by atoms with Crippen molar-refractivity contribution in [2.24, 2.45) is 5.16 Å². The van der Waals surface area contributed by atoms with Crippen LogP contribution in [0.1, 0.15) is 16.7 Å². The number of hydrogen-bond acceptors (Lipinski definition) is 3. The number of halogens is 6. The monoisotopic (exact) mass is 287 g/mol. The van der Waals surface area contributed by atoms with Gasteiger partial charge in [-0.15, -0.1) is 0 Å². The van der Waals surface area contributed by atoms with E-state index in [1.165, 1.54) is 0 Å². The van der Waals surface area contributed by atoms with Gasteiger partial charge in [0.15, 0.2) is 0 Å². The molecule has 3 nitrogen and oxygen atoms in total.